The van der Waals surface area contributed by atoms with Crippen molar-refractivity contribution in [1.82, 2.24) is 14.9 Å². The Labute approximate surface area is 201 Å². The number of carbonyl (C=O) groups is 3. The van der Waals surface area contributed by atoms with E-state index in [1.807, 2.05) is 0 Å². The topological polar surface area (TPSA) is 111 Å². The molecule has 2 aliphatic rings. The van der Waals surface area contributed by atoms with E-state index in [0.717, 1.165) is 4.90 Å². The first kappa shape index (κ1) is 26.5. The Kier molecular flexibility index (Phi) is 8.33. The number of rotatable bonds is 7. The summed E-state index contributed by atoms with van der Waals surface area (Å²) in [6, 6.07) is 1.50. The minimum absolute atomic E-state index is 0.0499. The second-order valence-electron chi connectivity index (χ2n) is 9.65. The number of imide groups is 2. The second kappa shape index (κ2) is 10.7. The fourth-order valence-corrected chi connectivity index (χ4v) is 4.88. The lowest BCUT2D eigenvalue weighted by atomic mass is 9.90. The number of urea groups is 1. The summed E-state index contributed by atoms with van der Waals surface area (Å²) in [6.45, 7) is 7.49. The molecule has 34 heavy (non-hydrogen) atoms. The quantitative estimate of drug-likeness (QED) is 0.441. The van der Waals surface area contributed by atoms with E-state index in [0.29, 0.717) is 31.6 Å². The van der Waals surface area contributed by atoms with Gasteiger partial charge in [-0.3, -0.25) is 19.8 Å². The molecule has 2 aliphatic heterocycles. The molecule has 0 radical (unpaired) electrons. The molecule has 0 aliphatic carbocycles. The summed E-state index contributed by atoms with van der Waals surface area (Å²) in [7, 11) is 0. The summed E-state index contributed by atoms with van der Waals surface area (Å²) < 4.78 is 50.4. The van der Waals surface area contributed by atoms with Crippen molar-refractivity contribution in [1.29, 1.82) is 0 Å². The molecule has 0 saturated carbocycles. The van der Waals surface area contributed by atoms with E-state index in [-0.39, 0.29) is 5.56 Å². The van der Waals surface area contributed by atoms with Crippen LogP contribution in [0.15, 0.2) is 18.2 Å². The number of ether oxygens (including phenoxy) is 1. The van der Waals surface area contributed by atoms with Gasteiger partial charge in [0.1, 0.15) is 28.7 Å². The van der Waals surface area contributed by atoms with E-state index in [9.17, 15) is 23.3 Å². The van der Waals surface area contributed by atoms with Crippen LogP contribution in [0.2, 0.25) is 0 Å². The average Bonchev–Trinajstić information content (AvgIpc) is 2.76. The standard InChI is InChI=1S/C23H31F2N3O5S/c1-13-5-6-17(24)15(11-13)19(27-34(32)23(2,3)4)18(25)12-16-20(29)26-22(31)28(21(16)30)14-7-9-33-10-8-14/h5-6,11,14,16,18-19,27H,7-10,12H2,1-4H3,(H,26,29,31)/t16?,18-,19?,34?/m1/s1. The Morgan fingerprint density at radius 1 is 1.26 bits per heavy atom. The first-order valence-electron chi connectivity index (χ1n) is 11.2. The van der Waals surface area contributed by atoms with Crippen LogP contribution in [0.5, 0.6) is 0 Å². The van der Waals surface area contributed by atoms with Crippen LogP contribution in [-0.4, -0.2) is 57.5 Å². The van der Waals surface area contributed by atoms with E-state index < -0.39 is 70.4 Å². The van der Waals surface area contributed by atoms with Crippen LogP contribution < -0.4 is 10.0 Å². The number of hydrogen-bond donors (Lipinski definition) is 2. The van der Waals surface area contributed by atoms with Gasteiger partial charge in [0.05, 0.1) is 0 Å². The normalized spacial score (nSPS) is 23.0. The van der Waals surface area contributed by atoms with Gasteiger partial charge in [-0.2, -0.15) is 0 Å². The zero-order valence-corrected chi connectivity index (χ0v) is 20.5. The summed E-state index contributed by atoms with van der Waals surface area (Å²) in [5.74, 6) is -3.86. The highest BCUT2D eigenvalue weighted by Gasteiger charge is 2.46. The molecular weight excluding hydrogens is 468 g/mol. The van der Waals surface area contributed by atoms with E-state index in [1.165, 1.54) is 18.2 Å². The maximum Gasteiger partial charge on any atom is 0.331 e. The predicted octanol–water partition coefficient (Wildman–Crippen LogP) is 2.83. The number of alkyl halides is 1. The van der Waals surface area contributed by atoms with E-state index in [1.54, 1.807) is 27.7 Å². The van der Waals surface area contributed by atoms with Crippen molar-refractivity contribution in [3.8, 4) is 0 Å². The molecule has 1 aromatic carbocycles. The molecule has 4 amide bonds. The van der Waals surface area contributed by atoms with Crippen LogP contribution in [0.1, 0.15) is 57.2 Å². The molecule has 0 bridgehead atoms. The highest BCUT2D eigenvalue weighted by atomic mass is 32.2. The van der Waals surface area contributed by atoms with Gasteiger partial charge in [-0.25, -0.2) is 13.6 Å². The number of amides is 4. The highest BCUT2D eigenvalue weighted by Crippen LogP contribution is 2.32. The molecule has 11 heteroatoms. The van der Waals surface area contributed by atoms with Gasteiger partial charge in [0.15, 0.2) is 0 Å². The summed E-state index contributed by atoms with van der Waals surface area (Å²) in [5, 5.41) is 2.14. The summed E-state index contributed by atoms with van der Waals surface area (Å²) >= 11 is -1.76. The molecule has 2 heterocycles. The third-order valence-electron chi connectivity index (χ3n) is 5.96. The molecular formula is C23H31F2N3O5S. The van der Waals surface area contributed by atoms with Gasteiger partial charge in [-0.05, 0) is 46.6 Å². The molecule has 3 rings (SSSR count). The van der Waals surface area contributed by atoms with E-state index in [2.05, 4.69) is 10.0 Å². The molecule has 2 saturated heterocycles. The Balaban J connectivity index is 1.87. The lowest BCUT2D eigenvalue weighted by Gasteiger charge is -2.38. The van der Waals surface area contributed by atoms with Crippen molar-refractivity contribution >= 4 is 29.2 Å². The van der Waals surface area contributed by atoms with Crippen LogP contribution in [0.3, 0.4) is 0 Å². The van der Waals surface area contributed by atoms with Gasteiger partial charge in [0, 0.05) is 42.6 Å². The van der Waals surface area contributed by atoms with Gasteiger partial charge in [0.2, 0.25) is 11.8 Å². The molecule has 188 valence electrons. The molecule has 0 aromatic heterocycles. The highest BCUT2D eigenvalue weighted by molar-refractivity contribution is 7.90. The van der Waals surface area contributed by atoms with Crippen molar-refractivity contribution in [2.45, 2.75) is 70.0 Å². The number of benzene rings is 1. The zero-order chi connectivity index (χ0) is 25.2. The second-order valence-corrected chi connectivity index (χ2v) is 11.6. The first-order chi connectivity index (χ1) is 15.9. The van der Waals surface area contributed by atoms with Crippen molar-refractivity contribution in [3.05, 3.63) is 35.1 Å². The fraction of sp³-hybridized carbons (Fsp3) is 0.609. The van der Waals surface area contributed by atoms with Crippen LogP contribution in [0, 0.1) is 18.7 Å². The Hall–Kier alpha value is -2.08. The third-order valence-corrected chi connectivity index (χ3v) is 7.54. The summed E-state index contributed by atoms with van der Waals surface area (Å²) in [4.78, 5) is 39.0. The minimum Gasteiger partial charge on any atom is -0.598 e. The van der Waals surface area contributed by atoms with Crippen molar-refractivity contribution in [3.63, 3.8) is 0 Å². The zero-order valence-electron chi connectivity index (χ0n) is 19.7. The molecule has 2 N–H and O–H groups in total. The number of aryl methyl sites for hydroxylation is 1. The van der Waals surface area contributed by atoms with E-state index in [4.69, 9.17) is 4.74 Å². The third kappa shape index (κ3) is 5.94. The maximum atomic E-state index is 15.8. The number of carbonyl (C=O) groups excluding carboxylic acids is 3. The largest absolute Gasteiger partial charge is 0.598 e. The van der Waals surface area contributed by atoms with E-state index >= 15 is 4.39 Å². The molecule has 3 unspecified atom stereocenters. The SMILES string of the molecule is Cc1ccc(F)c(C(N[S+]([O-])C(C)(C)C)[C@H](F)CC2C(=O)NC(=O)N(C3CCOCC3)C2=O)c1. The van der Waals surface area contributed by atoms with Gasteiger partial charge in [-0.15, -0.1) is 4.72 Å². The number of halogens is 2. The Bertz CT molecular complexity index is 936. The van der Waals surface area contributed by atoms with Crippen LogP contribution in [0.4, 0.5) is 13.6 Å². The molecule has 8 nitrogen and oxygen atoms in total. The molecule has 0 spiro atoms. The van der Waals surface area contributed by atoms with Crippen molar-refractivity contribution < 1.29 is 32.5 Å². The first-order valence-corrected chi connectivity index (χ1v) is 12.4. The molecule has 1 aromatic rings. The van der Waals surface area contributed by atoms with Gasteiger partial charge >= 0.3 is 6.03 Å². The van der Waals surface area contributed by atoms with Crippen LogP contribution in [0.25, 0.3) is 0 Å². The van der Waals surface area contributed by atoms with Crippen molar-refractivity contribution in [2.75, 3.05) is 13.2 Å². The lowest BCUT2D eigenvalue weighted by molar-refractivity contribution is -0.146. The monoisotopic (exact) mass is 499 g/mol. The Morgan fingerprint density at radius 3 is 2.53 bits per heavy atom. The smallest absolute Gasteiger partial charge is 0.331 e. The van der Waals surface area contributed by atoms with Gasteiger partial charge in [0.25, 0.3) is 0 Å². The number of hydrogen-bond acceptors (Lipinski definition) is 6. The van der Waals surface area contributed by atoms with Crippen molar-refractivity contribution in [2.24, 2.45) is 5.92 Å². The number of nitrogens with one attached hydrogen (secondary N) is 2. The predicted molar refractivity (Wildman–Crippen MR) is 122 cm³/mol. The lowest BCUT2D eigenvalue weighted by Crippen LogP contribution is -2.62. The van der Waals surface area contributed by atoms with Crippen LogP contribution in [-0.2, 0) is 25.7 Å². The summed E-state index contributed by atoms with van der Waals surface area (Å²) in [5.41, 5.74) is 0.617. The fourth-order valence-electron chi connectivity index (χ4n) is 4.02. The number of barbiturate groups is 1. The maximum absolute atomic E-state index is 15.8. The minimum atomic E-state index is -1.95. The number of nitrogens with zero attached hydrogens (tertiary/aromatic N) is 1. The summed E-state index contributed by atoms with van der Waals surface area (Å²) in [6.07, 6.45) is -1.72. The van der Waals surface area contributed by atoms with Crippen LogP contribution >= 0.6 is 0 Å². The average molecular weight is 500 g/mol. The molecule has 4 atom stereocenters. The Morgan fingerprint density at radius 2 is 1.91 bits per heavy atom. The molecule has 2 fully saturated rings. The van der Waals surface area contributed by atoms with Gasteiger partial charge in [-0.1, -0.05) is 17.7 Å². The van der Waals surface area contributed by atoms with Gasteiger partial charge < -0.3 is 9.29 Å².